The Bertz CT molecular complexity index is 1850. The Labute approximate surface area is 270 Å². The number of carboxylic acids is 1. The van der Waals surface area contributed by atoms with Crippen molar-refractivity contribution in [3.8, 4) is 11.5 Å². The van der Waals surface area contributed by atoms with Gasteiger partial charge in [0.25, 0.3) is 0 Å². The lowest BCUT2D eigenvalue weighted by Crippen LogP contribution is -2.38. The van der Waals surface area contributed by atoms with Crippen molar-refractivity contribution in [3.63, 3.8) is 0 Å². The van der Waals surface area contributed by atoms with Crippen molar-refractivity contribution in [2.45, 2.75) is 58.5 Å². The van der Waals surface area contributed by atoms with Crippen LogP contribution in [0.3, 0.4) is 0 Å². The zero-order valence-electron chi connectivity index (χ0n) is 25.3. The van der Waals surface area contributed by atoms with Crippen molar-refractivity contribution < 1.29 is 28.2 Å². The van der Waals surface area contributed by atoms with E-state index in [4.69, 9.17) is 26.1 Å². The molecule has 1 saturated heterocycles. The van der Waals surface area contributed by atoms with Gasteiger partial charge in [0.1, 0.15) is 29.8 Å². The number of hydrogen-bond donors (Lipinski definition) is 1. The molecular weight excluding hydrogens is 616 g/mol. The van der Waals surface area contributed by atoms with E-state index in [0.29, 0.717) is 35.0 Å². The van der Waals surface area contributed by atoms with Crippen LogP contribution in [-0.2, 0) is 37.5 Å². The Hall–Kier alpha value is -4.48. The fourth-order valence-corrected chi connectivity index (χ4v) is 5.98. The topological polar surface area (TPSA) is 94.6 Å². The van der Waals surface area contributed by atoms with Crippen molar-refractivity contribution in [2.24, 2.45) is 0 Å². The number of ether oxygens (including phenoxy) is 2. The standard InChI is InChI=1S/C34H34ClF2N5O4/c1-2-41-21-38-17-25(41)18-42-30-14-23(15-33(43)44)13-29(37)34(30)39-32(42)19-40-10-8-26(9-11-40)46-27-5-3-4-22(12-27)20-45-31-7-6-24(35)16-28(31)36/h3-7,12-14,16-17,21,26H,2,8-11,15,18-20H2,1H3,(H,43,44). The van der Waals surface area contributed by atoms with Crippen LogP contribution in [0.2, 0.25) is 5.02 Å². The van der Waals surface area contributed by atoms with Crippen LogP contribution >= 0.6 is 11.6 Å². The molecule has 9 nitrogen and oxygen atoms in total. The van der Waals surface area contributed by atoms with Gasteiger partial charge in [0.15, 0.2) is 17.4 Å². The maximum absolute atomic E-state index is 15.2. The minimum Gasteiger partial charge on any atom is -0.490 e. The average molecular weight is 650 g/mol. The van der Waals surface area contributed by atoms with Crippen LogP contribution in [0.1, 0.15) is 42.4 Å². The Morgan fingerprint density at radius 2 is 1.87 bits per heavy atom. The summed E-state index contributed by atoms with van der Waals surface area (Å²) in [6.45, 7) is 5.40. The van der Waals surface area contributed by atoms with E-state index in [0.717, 1.165) is 49.5 Å². The van der Waals surface area contributed by atoms with E-state index in [-0.39, 0.29) is 30.4 Å². The number of piperidine rings is 1. The number of benzene rings is 3. The lowest BCUT2D eigenvalue weighted by Gasteiger charge is -2.32. The molecule has 0 saturated carbocycles. The first-order chi connectivity index (χ1) is 22.2. The molecule has 1 fully saturated rings. The highest BCUT2D eigenvalue weighted by Gasteiger charge is 2.24. The van der Waals surface area contributed by atoms with Crippen molar-refractivity contribution in [2.75, 3.05) is 13.1 Å². The highest BCUT2D eigenvalue weighted by molar-refractivity contribution is 6.30. The number of carbonyl (C=O) groups is 1. The molecule has 5 aromatic rings. The van der Waals surface area contributed by atoms with Gasteiger partial charge in [0.05, 0.1) is 37.0 Å². The summed E-state index contributed by atoms with van der Waals surface area (Å²) in [6, 6.07) is 14.9. The Morgan fingerprint density at radius 3 is 2.63 bits per heavy atom. The van der Waals surface area contributed by atoms with Crippen LogP contribution in [0, 0.1) is 11.6 Å². The SMILES string of the molecule is CCn1cncc1Cn1c(CN2CCC(Oc3cccc(COc4ccc(Cl)cc4F)c3)CC2)nc2c(F)cc(CC(=O)O)cc21. The zero-order valence-corrected chi connectivity index (χ0v) is 26.1. The van der Waals surface area contributed by atoms with Gasteiger partial charge in [-0.1, -0.05) is 23.7 Å². The summed E-state index contributed by atoms with van der Waals surface area (Å²) < 4.78 is 45.2. The molecule has 46 heavy (non-hydrogen) atoms. The summed E-state index contributed by atoms with van der Waals surface area (Å²) in [4.78, 5) is 22.6. The number of aryl methyl sites for hydroxylation is 1. The molecule has 12 heteroatoms. The fourth-order valence-electron chi connectivity index (χ4n) is 5.82. The summed E-state index contributed by atoms with van der Waals surface area (Å²) in [7, 11) is 0. The second kappa shape index (κ2) is 13.9. The molecule has 1 aliphatic heterocycles. The van der Waals surface area contributed by atoms with Gasteiger partial charge in [-0.2, -0.15) is 0 Å². The van der Waals surface area contributed by atoms with E-state index in [1.54, 1.807) is 24.7 Å². The number of halogens is 3. The largest absolute Gasteiger partial charge is 0.490 e. The van der Waals surface area contributed by atoms with Crippen molar-refractivity contribution in [1.82, 2.24) is 24.0 Å². The highest BCUT2D eigenvalue weighted by Crippen LogP contribution is 2.27. The molecular formula is C34H34ClF2N5O4. The Morgan fingerprint density at radius 1 is 1.04 bits per heavy atom. The number of imidazole rings is 2. The van der Waals surface area contributed by atoms with Gasteiger partial charge < -0.3 is 23.7 Å². The minimum absolute atomic E-state index is 0.00914. The monoisotopic (exact) mass is 649 g/mol. The molecule has 1 N–H and O–H groups in total. The molecule has 240 valence electrons. The van der Waals surface area contributed by atoms with Crippen molar-refractivity contribution in [1.29, 1.82) is 0 Å². The summed E-state index contributed by atoms with van der Waals surface area (Å²) in [6.07, 6.45) is 4.86. The third-order valence-corrected chi connectivity index (χ3v) is 8.39. The quantitative estimate of drug-likeness (QED) is 0.165. The van der Waals surface area contributed by atoms with E-state index < -0.39 is 17.6 Å². The van der Waals surface area contributed by atoms with E-state index >= 15 is 4.39 Å². The molecule has 3 heterocycles. The number of fused-ring (bicyclic) bond motifs is 1. The van der Waals surface area contributed by atoms with Gasteiger partial charge in [-0.05, 0) is 73.4 Å². The normalized spacial score (nSPS) is 14.2. The molecule has 0 amide bonds. The van der Waals surface area contributed by atoms with Crippen LogP contribution in [0.5, 0.6) is 11.5 Å². The number of nitrogens with zero attached hydrogens (tertiary/aromatic N) is 5. The van der Waals surface area contributed by atoms with Crippen molar-refractivity contribution >= 4 is 28.6 Å². The lowest BCUT2D eigenvalue weighted by atomic mass is 10.1. The molecule has 2 aromatic heterocycles. The van der Waals surface area contributed by atoms with Gasteiger partial charge in [0.2, 0.25) is 0 Å². The van der Waals surface area contributed by atoms with Gasteiger partial charge in [-0.15, -0.1) is 0 Å². The average Bonchev–Trinajstić information content (AvgIpc) is 3.62. The molecule has 6 rings (SSSR count). The first-order valence-corrected chi connectivity index (χ1v) is 15.6. The molecule has 0 aliphatic carbocycles. The third-order valence-electron chi connectivity index (χ3n) is 8.15. The second-order valence-electron chi connectivity index (χ2n) is 11.4. The summed E-state index contributed by atoms with van der Waals surface area (Å²) in [5, 5.41) is 9.62. The van der Waals surface area contributed by atoms with Gasteiger partial charge in [-0.3, -0.25) is 9.69 Å². The molecule has 0 radical (unpaired) electrons. The molecule has 1 aliphatic rings. The second-order valence-corrected chi connectivity index (χ2v) is 11.8. The molecule has 0 spiro atoms. The predicted octanol–water partition coefficient (Wildman–Crippen LogP) is 6.48. The molecule has 0 bridgehead atoms. The van der Waals surface area contributed by atoms with Crippen LogP contribution < -0.4 is 9.47 Å². The van der Waals surface area contributed by atoms with E-state index in [1.165, 1.54) is 18.2 Å². The van der Waals surface area contributed by atoms with Crippen LogP contribution in [-0.4, -0.2) is 54.3 Å². The lowest BCUT2D eigenvalue weighted by molar-refractivity contribution is -0.136. The van der Waals surface area contributed by atoms with E-state index in [9.17, 15) is 14.3 Å². The van der Waals surface area contributed by atoms with Crippen molar-refractivity contribution in [3.05, 3.63) is 106 Å². The number of likely N-dealkylation sites (tertiary alicyclic amines) is 1. The first-order valence-electron chi connectivity index (χ1n) is 15.2. The van der Waals surface area contributed by atoms with E-state index in [2.05, 4.69) is 9.88 Å². The van der Waals surface area contributed by atoms with Gasteiger partial charge >= 0.3 is 5.97 Å². The number of hydrogen-bond acceptors (Lipinski definition) is 6. The Balaban J connectivity index is 1.12. The third kappa shape index (κ3) is 7.32. The number of rotatable bonds is 12. The summed E-state index contributed by atoms with van der Waals surface area (Å²) in [5.41, 5.74) is 2.99. The zero-order chi connectivity index (χ0) is 32.2. The minimum atomic E-state index is -1.02. The van der Waals surface area contributed by atoms with Gasteiger partial charge in [0, 0.05) is 30.9 Å². The maximum Gasteiger partial charge on any atom is 0.307 e. The van der Waals surface area contributed by atoms with Crippen LogP contribution in [0.4, 0.5) is 8.78 Å². The first kappa shape index (κ1) is 31.5. The summed E-state index contributed by atoms with van der Waals surface area (Å²) >= 11 is 5.83. The number of carboxylic acid groups (broad SMARTS) is 1. The highest BCUT2D eigenvalue weighted by atomic mass is 35.5. The molecule has 0 atom stereocenters. The Kier molecular flexibility index (Phi) is 9.51. The maximum atomic E-state index is 15.2. The molecule has 0 unspecified atom stereocenters. The smallest absolute Gasteiger partial charge is 0.307 e. The van der Waals surface area contributed by atoms with Crippen LogP contribution in [0.25, 0.3) is 11.0 Å². The van der Waals surface area contributed by atoms with E-state index in [1.807, 2.05) is 40.3 Å². The van der Waals surface area contributed by atoms with Gasteiger partial charge in [-0.25, -0.2) is 18.7 Å². The summed E-state index contributed by atoms with van der Waals surface area (Å²) in [5.74, 6) is -0.505. The molecule has 3 aromatic carbocycles. The predicted molar refractivity (Wildman–Crippen MR) is 169 cm³/mol. The fraction of sp³-hybridized carbons (Fsp3) is 0.324. The number of aromatic nitrogens is 4. The number of aliphatic carboxylic acids is 1. The van der Waals surface area contributed by atoms with Crippen LogP contribution in [0.15, 0.2) is 67.1 Å².